The fourth-order valence-corrected chi connectivity index (χ4v) is 3.11. The monoisotopic (exact) mass is 431 g/mol. The maximum atomic E-state index is 12.8. The molecule has 1 amide bonds. The van der Waals surface area contributed by atoms with Gasteiger partial charge in [-0.25, -0.2) is 4.79 Å². The first-order valence-electron chi connectivity index (χ1n) is 10.4. The van der Waals surface area contributed by atoms with Gasteiger partial charge in [0.15, 0.2) is 0 Å². The second-order valence-electron chi connectivity index (χ2n) is 7.11. The molecule has 1 heterocycles. The highest BCUT2D eigenvalue weighted by molar-refractivity contribution is 5.95. The Morgan fingerprint density at radius 3 is 2.84 bits per heavy atom. The first kappa shape index (κ1) is 22.9. The number of carbonyl (C=O) groups excluding carboxylic acids is 2. The van der Waals surface area contributed by atoms with Crippen LogP contribution in [0.4, 0.5) is 0 Å². The lowest BCUT2D eigenvalue weighted by atomic mass is 10.0. The molecule has 164 valence electrons. The van der Waals surface area contributed by atoms with Gasteiger partial charge in [-0.2, -0.15) is 0 Å². The Morgan fingerprint density at radius 2 is 2.00 bits per heavy atom. The summed E-state index contributed by atoms with van der Waals surface area (Å²) in [6.07, 6.45) is 7.86. The molecule has 1 atom stereocenters. The van der Waals surface area contributed by atoms with Crippen LogP contribution in [0.2, 0.25) is 0 Å². The molecule has 0 spiro atoms. The number of hydrogen-bond acceptors (Lipinski definition) is 5. The van der Waals surface area contributed by atoms with Gasteiger partial charge in [-0.15, -0.1) is 0 Å². The van der Waals surface area contributed by atoms with E-state index in [9.17, 15) is 14.7 Å². The standard InChI is InChI=1S/C26H25NO5/c28-23-13-6-11-21-10-4-5-18-31-19-16-22(32-26(30)25(21)23)12-7-17-27-24(29)15-14-20-8-2-1-3-9-20/h1-9,11,13,17,22,28H,10,12,16,18-19H2,(H,27,29)/b5-4+,17-7+. The molecule has 32 heavy (non-hydrogen) atoms. The van der Waals surface area contributed by atoms with Gasteiger partial charge in [-0.3, -0.25) is 4.79 Å². The second kappa shape index (κ2) is 12.1. The Hall–Kier alpha value is -3.82. The molecule has 0 saturated carbocycles. The van der Waals surface area contributed by atoms with Crippen molar-refractivity contribution < 1.29 is 24.2 Å². The van der Waals surface area contributed by atoms with Crippen LogP contribution in [0, 0.1) is 11.8 Å². The second-order valence-corrected chi connectivity index (χ2v) is 7.11. The number of fused-ring (bicyclic) bond motifs is 1. The maximum Gasteiger partial charge on any atom is 0.342 e. The Kier molecular flexibility index (Phi) is 8.67. The zero-order valence-electron chi connectivity index (χ0n) is 17.6. The topological polar surface area (TPSA) is 84.9 Å². The predicted molar refractivity (Wildman–Crippen MR) is 121 cm³/mol. The van der Waals surface area contributed by atoms with Crippen LogP contribution in [0.25, 0.3) is 0 Å². The van der Waals surface area contributed by atoms with Crippen LogP contribution in [0.1, 0.15) is 34.3 Å². The number of esters is 1. The van der Waals surface area contributed by atoms with Crippen molar-refractivity contribution in [1.82, 2.24) is 5.32 Å². The smallest absolute Gasteiger partial charge is 0.342 e. The molecule has 0 aromatic heterocycles. The molecular formula is C26H25NO5. The minimum absolute atomic E-state index is 0.104. The molecule has 1 aliphatic heterocycles. The lowest BCUT2D eigenvalue weighted by Gasteiger charge is -2.18. The minimum Gasteiger partial charge on any atom is -0.507 e. The van der Waals surface area contributed by atoms with E-state index < -0.39 is 18.0 Å². The van der Waals surface area contributed by atoms with Gasteiger partial charge in [-0.05, 0) is 30.2 Å². The first-order chi connectivity index (χ1) is 15.6. The predicted octanol–water partition coefficient (Wildman–Crippen LogP) is 3.51. The molecule has 6 nitrogen and oxygen atoms in total. The fraction of sp³-hybridized carbons (Fsp3) is 0.231. The largest absolute Gasteiger partial charge is 0.507 e. The summed E-state index contributed by atoms with van der Waals surface area (Å²) >= 11 is 0. The van der Waals surface area contributed by atoms with Crippen molar-refractivity contribution in [2.75, 3.05) is 13.2 Å². The number of hydrogen-bond donors (Lipinski definition) is 2. The van der Waals surface area contributed by atoms with Crippen molar-refractivity contribution in [1.29, 1.82) is 0 Å². The summed E-state index contributed by atoms with van der Waals surface area (Å²) in [4.78, 5) is 24.6. The molecule has 1 aliphatic rings. The van der Waals surface area contributed by atoms with Gasteiger partial charge in [-0.1, -0.05) is 54.5 Å². The van der Waals surface area contributed by atoms with E-state index in [1.807, 2.05) is 42.5 Å². The number of amides is 1. The number of rotatable bonds is 3. The summed E-state index contributed by atoms with van der Waals surface area (Å²) in [6.45, 7) is 0.874. The molecule has 2 N–H and O–H groups in total. The van der Waals surface area contributed by atoms with Gasteiger partial charge in [0.1, 0.15) is 17.4 Å². The average Bonchev–Trinajstić information content (AvgIpc) is 2.79. The number of aromatic hydroxyl groups is 1. The third-order valence-corrected chi connectivity index (χ3v) is 4.73. The van der Waals surface area contributed by atoms with E-state index in [0.717, 1.165) is 5.56 Å². The van der Waals surface area contributed by atoms with Crippen molar-refractivity contribution in [3.63, 3.8) is 0 Å². The van der Waals surface area contributed by atoms with E-state index in [-0.39, 0.29) is 11.3 Å². The zero-order valence-corrected chi connectivity index (χ0v) is 17.6. The number of carbonyl (C=O) groups is 2. The highest BCUT2D eigenvalue weighted by atomic mass is 16.5. The molecule has 2 aromatic carbocycles. The van der Waals surface area contributed by atoms with Gasteiger partial charge in [0.25, 0.3) is 5.91 Å². The number of cyclic esters (lactones) is 1. The molecule has 0 bridgehead atoms. The van der Waals surface area contributed by atoms with E-state index in [0.29, 0.717) is 38.0 Å². The number of phenols is 1. The summed E-state index contributed by atoms with van der Waals surface area (Å²) in [5, 5.41) is 12.8. The van der Waals surface area contributed by atoms with Crippen molar-refractivity contribution in [2.24, 2.45) is 0 Å². The number of allylic oxidation sites excluding steroid dienone is 1. The molecule has 1 unspecified atom stereocenters. The summed E-state index contributed by atoms with van der Waals surface area (Å²) < 4.78 is 11.2. The number of benzene rings is 2. The summed E-state index contributed by atoms with van der Waals surface area (Å²) in [6, 6.07) is 14.2. The average molecular weight is 431 g/mol. The number of ether oxygens (including phenoxy) is 2. The molecule has 0 radical (unpaired) electrons. The van der Waals surface area contributed by atoms with Gasteiger partial charge in [0.2, 0.25) is 0 Å². The number of phenolic OH excluding ortho intramolecular Hbond substituents is 1. The van der Waals surface area contributed by atoms with Gasteiger partial charge >= 0.3 is 5.97 Å². The van der Waals surface area contributed by atoms with Crippen LogP contribution < -0.4 is 5.32 Å². The van der Waals surface area contributed by atoms with Gasteiger partial charge in [0.05, 0.1) is 13.2 Å². The number of nitrogens with one attached hydrogen (secondary N) is 1. The molecule has 3 rings (SSSR count). The molecule has 2 aromatic rings. The Balaban J connectivity index is 1.61. The van der Waals surface area contributed by atoms with E-state index in [1.165, 1.54) is 12.3 Å². The quantitative estimate of drug-likeness (QED) is 0.441. The summed E-state index contributed by atoms with van der Waals surface area (Å²) in [5.74, 6) is 4.18. The Bertz CT molecular complexity index is 1050. The fourth-order valence-electron chi connectivity index (χ4n) is 3.11. The molecule has 0 fully saturated rings. The van der Waals surface area contributed by atoms with Crippen LogP contribution in [0.3, 0.4) is 0 Å². The normalized spacial score (nSPS) is 17.6. The van der Waals surface area contributed by atoms with Crippen LogP contribution in [0.15, 0.2) is 73.0 Å². The van der Waals surface area contributed by atoms with E-state index in [2.05, 4.69) is 17.2 Å². The first-order valence-corrected chi connectivity index (χ1v) is 10.4. The summed E-state index contributed by atoms with van der Waals surface area (Å²) in [7, 11) is 0. The van der Waals surface area contributed by atoms with E-state index in [4.69, 9.17) is 9.47 Å². The lowest BCUT2D eigenvalue weighted by molar-refractivity contribution is -0.114. The molecule has 6 heteroatoms. The molecule has 0 aliphatic carbocycles. The van der Waals surface area contributed by atoms with Crippen LogP contribution in [0.5, 0.6) is 5.75 Å². The third kappa shape index (κ3) is 7.15. The third-order valence-electron chi connectivity index (χ3n) is 4.73. The molecular weight excluding hydrogens is 406 g/mol. The lowest BCUT2D eigenvalue weighted by Crippen LogP contribution is -2.21. The van der Waals surface area contributed by atoms with Gasteiger partial charge in [0, 0.05) is 30.5 Å². The van der Waals surface area contributed by atoms with Crippen molar-refractivity contribution >= 4 is 11.9 Å². The maximum absolute atomic E-state index is 12.8. The summed E-state index contributed by atoms with van der Waals surface area (Å²) in [5.41, 5.74) is 1.62. The van der Waals surface area contributed by atoms with Crippen LogP contribution in [-0.2, 0) is 20.7 Å². The van der Waals surface area contributed by atoms with Crippen LogP contribution in [-0.4, -0.2) is 36.3 Å². The SMILES string of the molecule is O=C(C#Cc1ccccc1)N/C=C/CC1CCOC/C=C/Cc2cccc(O)c2C(=O)O1. The highest BCUT2D eigenvalue weighted by Crippen LogP contribution is 2.24. The van der Waals surface area contributed by atoms with Crippen molar-refractivity contribution in [3.8, 4) is 17.6 Å². The van der Waals surface area contributed by atoms with E-state index >= 15 is 0 Å². The van der Waals surface area contributed by atoms with Gasteiger partial charge < -0.3 is 19.9 Å². The van der Waals surface area contributed by atoms with Crippen molar-refractivity contribution in [2.45, 2.75) is 25.4 Å². The van der Waals surface area contributed by atoms with Crippen LogP contribution >= 0.6 is 0 Å². The Labute approximate surface area is 187 Å². The Morgan fingerprint density at radius 1 is 1.16 bits per heavy atom. The minimum atomic E-state index is -0.580. The molecule has 0 saturated heterocycles. The highest BCUT2D eigenvalue weighted by Gasteiger charge is 2.21. The van der Waals surface area contributed by atoms with Crippen molar-refractivity contribution in [3.05, 3.63) is 89.6 Å². The van der Waals surface area contributed by atoms with E-state index in [1.54, 1.807) is 18.2 Å². The zero-order chi connectivity index (χ0) is 22.6.